The fourth-order valence-electron chi connectivity index (χ4n) is 2.03. The van der Waals surface area contributed by atoms with Gasteiger partial charge in [0.05, 0.1) is 10.8 Å². The quantitative estimate of drug-likeness (QED) is 0.910. The van der Waals surface area contributed by atoms with Crippen LogP contribution < -0.4 is 0 Å². The minimum absolute atomic E-state index is 0.227. The van der Waals surface area contributed by atoms with Gasteiger partial charge in [0, 0.05) is 5.41 Å². The van der Waals surface area contributed by atoms with E-state index in [0.717, 1.165) is 5.56 Å². The normalized spacial score (nSPS) is 18.0. The molecule has 0 radical (unpaired) electrons. The molecule has 96 valence electrons. The van der Waals surface area contributed by atoms with Crippen LogP contribution in [0.2, 0.25) is 0 Å². The lowest BCUT2D eigenvalue weighted by atomic mass is 9.96. The standard InChI is InChI=1S/C13H14O4S/c1-8-3-4-12-11(5-8)10(7-18(12,16)17)6-9(2)13(14)15/h3-5,7,9H,6H2,1-2H3,(H,14,15). The Morgan fingerprint density at radius 2 is 2.06 bits per heavy atom. The Bertz CT molecular complexity index is 641. The first-order chi connectivity index (χ1) is 8.31. The van der Waals surface area contributed by atoms with Gasteiger partial charge in [-0.1, -0.05) is 24.6 Å². The summed E-state index contributed by atoms with van der Waals surface area (Å²) >= 11 is 0. The van der Waals surface area contributed by atoms with Crippen molar-refractivity contribution in [2.45, 2.75) is 25.2 Å². The summed E-state index contributed by atoms with van der Waals surface area (Å²) in [5, 5.41) is 10.1. The van der Waals surface area contributed by atoms with E-state index in [1.54, 1.807) is 25.1 Å². The van der Waals surface area contributed by atoms with Crippen molar-refractivity contribution in [1.29, 1.82) is 0 Å². The molecule has 1 aliphatic heterocycles. The second kappa shape index (κ2) is 4.24. The van der Waals surface area contributed by atoms with Crippen molar-refractivity contribution in [2.24, 2.45) is 5.92 Å². The molecule has 0 aliphatic carbocycles. The van der Waals surface area contributed by atoms with Gasteiger partial charge in [-0.2, -0.15) is 0 Å². The molecule has 2 rings (SSSR count). The SMILES string of the molecule is Cc1ccc2c(c1)C(CC(C)C(=O)O)=CS2(=O)=O. The first-order valence-electron chi connectivity index (χ1n) is 5.61. The molecule has 5 heteroatoms. The van der Waals surface area contributed by atoms with E-state index < -0.39 is 21.7 Å². The van der Waals surface area contributed by atoms with E-state index in [0.29, 0.717) is 11.1 Å². The number of allylic oxidation sites excluding steroid dienone is 1. The highest BCUT2D eigenvalue weighted by Crippen LogP contribution is 2.37. The minimum atomic E-state index is -3.40. The summed E-state index contributed by atoms with van der Waals surface area (Å²) in [6, 6.07) is 5.11. The van der Waals surface area contributed by atoms with Crippen LogP contribution >= 0.6 is 0 Å². The molecule has 0 fully saturated rings. The van der Waals surface area contributed by atoms with Gasteiger partial charge in [0.1, 0.15) is 0 Å². The second-order valence-corrected chi connectivity index (χ2v) is 6.40. The number of carboxylic acids is 1. The van der Waals surface area contributed by atoms with E-state index in [1.165, 1.54) is 5.41 Å². The van der Waals surface area contributed by atoms with Crippen molar-refractivity contribution in [1.82, 2.24) is 0 Å². The van der Waals surface area contributed by atoms with E-state index in [-0.39, 0.29) is 11.3 Å². The van der Waals surface area contributed by atoms with E-state index in [2.05, 4.69) is 0 Å². The van der Waals surface area contributed by atoms with Crippen molar-refractivity contribution in [3.63, 3.8) is 0 Å². The van der Waals surface area contributed by atoms with Crippen LogP contribution in [-0.2, 0) is 14.6 Å². The number of hydrogen-bond acceptors (Lipinski definition) is 3. The molecule has 0 spiro atoms. The van der Waals surface area contributed by atoms with Gasteiger partial charge in [0.2, 0.25) is 9.84 Å². The van der Waals surface area contributed by atoms with Crippen LogP contribution in [0.3, 0.4) is 0 Å². The summed E-state index contributed by atoms with van der Waals surface area (Å²) in [6.45, 7) is 3.45. The number of benzene rings is 1. The molecule has 4 nitrogen and oxygen atoms in total. The van der Waals surface area contributed by atoms with Gasteiger partial charge in [0.25, 0.3) is 0 Å². The van der Waals surface area contributed by atoms with Crippen LogP contribution in [0.15, 0.2) is 28.5 Å². The smallest absolute Gasteiger partial charge is 0.306 e. The number of aliphatic carboxylic acids is 1. The Morgan fingerprint density at radius 3 is 2.67 bits per heavy atom. The maximum absolute atomic E-state index is 11.9. The molecule has 0 saturated heterocycles. The number of hydrogen-bond donors (Lipinski definition) is 1. The predicted molar refractivity (Wildman–Crippen MR) is 67.8 cm³/mol. The fraction of sp³-hybridized carbons (Fsp3) is 0.308. The summed E-state index contributed by atoms with van der Waals surface area (Å²) in [5.41, 5.74) is 2.19. The van der Waals surface area contributed by atoms with Crippen molar-refractivity contribution in [3.8, 4) is 0 Å². The number of aryl methyl sites for hydroxylation is 1. The molecule has 0 saturated carbocycles. The Kier molecular flexibility index (Phi) is 3.02. The minimum Gasteiger partial charge on any atom is -0.481 e. The molecule has 18 heavy (non-hydrogen) atoms. The molecule has 0 aromatic heterocycles. The van der Waals surface area contributed by atoms with E-state index >= 15 is 0 Å². The average Bonchev–Trinajstić information content (AvgIpc) is 2.50. The number of fused-ring (bicyclic) bond motifs is 1. The number of carboxylic acid groups (broad SMARTS) is 1. The molecule has 1 aromatic rings. The summed E-state index contributed by atoms with van der Waals surface area (Å²) in [7, 11) is -3.40. The van der Waals surface area contributed by atoms with Crippen molar-refractivity contribution >= 4 is 21.4 Å². The Labute approximate surface area is 106 Å². The highest BCUT2D eigenvalue weighted by Gasteiger charge is 2.28. The van der Waals surface area contributed by atoms with Crippen LogP contribution in [0.1, 0.15) is 24.5 Å². The van der Waals surface area contributed by atoms with Crippen LogP contribution in [0.25, 0.3) is 5.57 Å². The van der Waals surface area contributed by atoms with Gasteiger partial charge < -0.3 is 5.11 Å². The lowest BCUT2D eigenvalue weighted by molar-refractivity contribution is -0.140. The summed E-state index contributed by atoms with van der Waals surface area (Å²) in [5.74, 6) is -1.52. The number of rotatable bonds is 3. The van der Waals surface area contributed by atoms with E-state index in [1.807, 2.05) is 6.92 Å². The third-order valence-corrected chi connectivity index (χ3v) is 4.60. The van der Waals surface area contributed by atoms with Crippen molar-refractivity contribution in [2.75, 3.05) is 0 Å². The molecule has 1 heterocycles. The lowest BCUT2D eigenvalue weighted by Crippen LogP contribution is -2.09. The number of carbonyl (C=O) groups is 1. The molecule has 1 atom stereocenters. The molecule has 1 aliphatic rings. The first-order valence-corrected chi connectivity index (χ1v) is 7.15. The zero-order valence-electron chi connectivity index (χ0n) is 10.2. The third-order valence-electron chi connectivity index (χ3n) is 3.03. The summed E-state index contributed by atoms with van der Waals surface area (Å²) < 4.78 is 23.8. The Morgan fingerprint density at radius 1 is 1.39 bits per heavy atom. The van der Waals surface area contributed by atoms with Gasteiger partial charge in [-0.05, 0) is 30.5 Å². The van der Waals surface area contributed by atoms with Gasteiger partial charge in [0.15, 0.2) is 0 Å². The molecule has 1 aromatic carbocycles. The Hall–Kier alpha value is -1.62. The van der Waals surface area contributed by atoms with Gasteiger partial charge in [-0.25, -0.2) is 8.42 Å². The van der Waals surface area contributed by atoms with Crippen LogP contribution in [0, 0.1) is 12.8 Å². The van der Waals surface area contributed by atoms with E-state index in [4.69, 9.17) is 5.11 Å². The van der Waals surface area contributed by atoms with Gasteiger partial charge in [-0.15, -0.1) is 0 Å². The molecule has 1 N–H and O–H groups in total. The molecular weight excluding hydrogens is 252 g/mol. The largest absolute Gasteiger partial charge is 0.481 e. The number of sulfone groups is 1. The van der Waals surface area contributed by atoms with Crippen molar-refractivity contribution < 1.29 is 18.3 Å². The first kappa shape index (κ1) is 12.8. The average molecular weight is 266 g/mol. The fourth-order valence-corrected chi connectivity index (χ4v) is 3.51. The molecule has 0 bridgehead atoms. The third kappa shape index (κ3) is 2.18. The van der Waals surface area contributed by atoms with Crippen LogP contribution in [0.4, 0.5) is 0 Å². The van der Waals surface area contributed by atoms with Crippen LogP contribution in [-0.4, -0.2) is 19.5 Å². The zero-order chi connectivity index (χ0) is 13.5. The molecule has 1 unspecified atom stereocenters. The zero-order valence-corrected chi connectivity index (χ0v) is 11.0. The molecular formula is C13H14O4S. The maximum atomic E-state index is 11.9. The highest BCUT2D eigenvalue weighted by atomic mass is 32.2. The van der Waals surface area contributed by atoms with Gasteiger partial charge >= 0.3 is 5.97 Å². The lowest BCUT2D eigenvalue weighted by Gasteiger charge is -2.08. The van der Waals surface area contributed by atoms with E-state index in [9.17, 15) is 13.2 Å². The maximum Gasteiger partial charge on any atom is 0.306 e. The van der Waals surface area contributed by atoms with Gasteiger partial charge in [-0.3, -0.25) is 4.79 Å². The van der Waals surface area contributed by atoms with Crippen LogP contribution in [0.5, 0.6) is 0 Å². The van der Waals surface area contributed by atoms with Crippen molar-refractivity contribution in [3.05, 3.63) is 34.7 Å². The summed E-state index contributed by atoms with van der Waals surface area (Å²) in [6.07, 6.45) is 0.227. The topological polar surface area (TPSA) is 71.4 Å². The highest BCUT2D eigenvalue weighted by molar-refractivity contribution is 7.95. The summed E-state index contributed by atoms with van der Waals surface area (Å²) in [4.78, 5) is 11.1. The second-order valence-electron chi connectivity index (χ2n) is 4.63. The predicted octanol–water partition coefficient (Wildman–Crippen LogP) is 2.23. The molecule has 0 amide bonds. The monoisotopic (exact) mass is 266 g/mol. The Balaban J connectivity index is 2.47.